The molecule has 0 aliphatic carbocycles. The van der Waals surface area contributed by atoms with Gasteiger partial charge in [0.15, 0.2) is 5.84 Å². The number of rotatable bonds is 4. The summed E-state index contributed by atoms with van der Waals surface area (Å²) < 4.78 is 14.1. The first kappa shape index (κ1) is 14.8. The molecule has 0 radical (unpaired) electrons. The summed E-state index contributed by atoms with van der Waals surface area (Å²) in [6.45, 7) is 0. The van der Waals surface area contributed by atoms with Gasteiger partial charge in [0.05, 0.1) is 5.03 Å². The van der Waals surface area contributed by atoms with E-state index in [1.165, 1.54) is 23.9 Å². The summed E-state index contributed by atoms with van der Waals surface area (Å²) in [5.41, 5.74) is 6.72. The Morgan fingerprint density at radius 2 is 2.20 bits per heavy atom. The predicted octanol–water partition coefficient (Wildman–Crippen LogP) is 3.37. The van der Waals surface area contributed by atoms with Gasteiger partial charge in [0.2, 0.25) is 0 Å². The summed E-state index contributed by atoms with van der Waals surface area (Å²) in [6, 6.07) is 7.99. The van der Waals surface area contributed by atoms with Gasteiger partial charge in [-0.05, 0) is 45.8 Å². The Morgan fingerprint density at radius 3 is 2.85 bits per heavy atom. The molecule has 104 valence electrons. The van der Waals surface area contributed by atoms with Crippen LogP contribution in [0.2, 0.25) is 0 Å². The molecular formula is C13H11BrFN3OS. The van der Waals surface area contributed by atoms with Crippen molar-refractivity contribution in [1.29, 1.82) is 0 Å². The van der Waals surface area contributed by atoms with E-state index < -0.39 is 5.82 Å². The third-order valence-corrected chi connectivity index (χ3v) is 3.99. The van der Waals surface area contributed by atoms with Gasteiger partial charge < -0.3 is 10.9 Å². The molecular weight excluding hydrogens is 345 g/mol. The third kappa shape index (κ3) is 3.71. The molecule has 0 atom stereocenters. The van der Waals surface area contributed by atoms with Crippen molar-refractivity contribution in [1.82, 2.24) is 4.98 Å². The van der Waals surface area contributed by atoms with E-state index in [1.807, 2.05) is 12.1 Å². The molecule has 1 heterocycles. The van der Waals surface area contributed by atoms with E-state index in [0.29, 0.717) is 11.3 Å². The monoisotopic (exact) mass is 355 g/mol. The second-order valence-corrected chi connectivity index (χ2v) is 5.80. The van der Waals surface area contributed by atoms with Crippen LogP contribution in [-0.2, 0) is 5.75 Å². The van der Waals surface area contributed by atoms with E-state index in [2.05, 4.69) is 26.1 Å². The molecule has 0 aliphatic rings. The zero-order chi connectivity index (χ0) is 14.5. The zero-order valence-corrected chi connectivity index (χ0v) is 12.7. The standard InChI is InChI=1S/C13H11BrFN3OS/c14-9-2-4-12(17-6-9)20-7-8-1-3-10(15)5-11(8)13(16)18-19/h1-6,19H,7H2,(H2,16,18). The fourth-order valence-electron chi connectivity index (χ4n) is 1.57. The number of benzene rings is 1. The predicted molar refractivity (Wildman–Crippen MR) is 80.4 cm³/mol. The smallest absolute Gasteiger partial charge is 0.170 e. The number of nitrogens with two attached hydrogens (primary N) is 1. The largest absolute Gasteiger partial charge is 0.409 e. The van der Waals surface area contributed by atoms with Crippen LogP contribution in [0.25, 0.3) is 0 Å². The Labute approximate surface area is 128 Å². The lowest BCUT2D eigenvalue weighted by atomic mass is 10.1. The maximum absolute atomic E-state index is 13.2. The number of aromatic nitrogens is 1. The lowest BCUT2D eigenvalue weighted by Gasteiger charge is -2.08. The molecule has 0 aliphatic heterocycles. The molecule has 2 rings (SSSR count). The molecule has 0 spiro atoms. The van der Waals surface area contributed by atoms with Gasteiger partial charge in [0.25, 0.3) is 0 Å². The number of nitrogens with zero attached hydrogens (tertiary/aromatic N) is 2. The lowest BCUT2D eigenvalue weighted by molar-refractivity contribution is 0.318. The Morgan fingerprint density at radius 1 is 1.40 bits per heavy atom. The number of hydrogen-bond acceptors (Lipinski definition) is 4. The van der Waals surface area contributed by atoms with E-state index >= 15 is 0 Å². The van der Waals surface area contributed by atoms with Gasteiger partial charge in [0.1, 0.15) is 5.82 Å². The highest BCUT2D eigenvalue weighted by atomic mass is 79.9. The maximum Gasteiger partial charge on any atom is 0.170 e. The van der Waals surface area contributed by atoms with Crippen LogP contribution >= 0.6 is 27.7 Å². The fraction of sp³-hybridized carbons (Fsp3) is 0.0769. The van der Waals surface area contributed by atoms with Crippen molar-refractivity contribution in [2.24, 2.45) is 10.9 Å². The minimum Gasteiger partial charge on any atom is -0.409 e. The topological polar surface area (TPSA) is 71.5 Å². The zero-order valence-electron chi connectivity index (χ0n) is 10.3. The molecule has 4 nitrogen and oxygen atoms in total. The fourth-order valence-corrected chi connectivity index (χ4v) is 2.65. The quantitative estimate of drug-likeness (QED) is 0.290. The number of thioether (sulfide) groups is 1. The molecule has 0 saturated heterocycles. The Bertz CT molecular complexity index is 634. The molecule has 2 aromatic rings. The molecule has 3 N–H and O–H groups in total. The molecule has 1 aromatic heterocycles. The van der Waals surface area contributed by atoms with Crippen molar-refractivity contribution in [3.05, 3.63) is 57.9 Å². The summed E-state index contributed by atoms with van der Waals surface area (Å²) >= 11 is 4.80. The molecule has 0 unspecified atom stereocenters. The van der Waals surface area contributed by atoms with Gasteiger partial charge in [-0.3, -0.25) is 0 Å². The van der Waals surface area contributed by atoms with Gasteiger partial charge in [-0.25, -0.2) is 9.37 Å². The summed E-state index contributed by atoms with van der Waals surface area (Å²) in [6.07, 6.45) is 1.71. The van der Waals surface area contributed by atoms with Crippen LogP contribution in [0.1, 0.15) is 11.1 Å². The van der Waals surface area contributed by atoms with Crippen molar-refractivity contribution in [3.8, 4) is 0 Å². The first-order chi connectivity index (χ1) is 9.60. The molecule has 20 heavy (non-hydrogen) atoms. The van der Waals surface area contributed by atoms with Crippen LogP contribution in [-0.4, -0.2) is 16.0 Å². The van der Waals surface area contributed by atoms with E-state index in [9.17, 15) is 4.39 Å². The average molecular weight is 356 g/mol. The summed E-state index contributed by atoms with van der Waals surface area (Å²) in [5, 5.41) is 12.5. The normalized spacial score (nSPS) is 11.6. The number of amidine groups is 1. The van der Waals surface area contributed by atoms with E-state index in [4.69, 9.17) is 10.9 Å². The highest BCUT2D eigenvalue weighted by Crippen LogP contribution is 2.24. The molecule has 7 heteroatoms. The van der Waals surface area contributed by atoms with Gasteiger partial charge in [-0.2, -0.15) is 0 Å². The Balaban J connectivity index is 2.19. The SMILES string of the molecule is NC(=NO)c1cc(F)ccc1CSc1ccc(Br)cn1. The summed E-state index contributed by atoms with van der Waals surface area (Å²) in [7, 11) is 0. The van der Waals surface area contributed by atoms with Crippen molar-refractivity contribution < 1.29 is 9.60 Å². The van der Waals surface area contributed by atoms with Crippen molar-refractivity contribution in [3.63, 3.8) is 0 Å². The van der Waals surface area contributed by atoms with Gasteiger partial charge in [0, 0.05) is 22.0 Å². The van der Waals surface area contributed by atoms with Crippen LogP contribution in [0, 0.1) is 5.82 Å². The van der Waals surface area contributed by atoms with Crippen LogP contribution in [0.4, 0.5) is 4.39 Å². The number of oxime groups is 1. The Kier molecular flexibility index (Phi) is 4.97. The number of halogens is 2. The van der Waals surface area contributed by atoms with Crippen molar-refractivity contribution in [2.75, 3.05) is 0 Å². The highest BCUT2D eigenvalue weighted by molar-refractivity contribution is 9.10. The highest BCUT2D eigenvalue weighted by Gasteiger charge is 2.09. The summed E-state index contributed by atoms with van der Waals surface area (Å²) in [4.78, 5) is 4.24. The molecule has 0 bridgehead atoms. The lowest BCUT2D eigenvalue weighted by Crippen LogP contribution is -2.15. The van der Waals surface area contributed by atoms with Crippen molar-refractivity contribution >= 4 is 33.5 Å². The third-order valence-electron chi connectivity index (χ3n) is 2.53. The number of pyridine rings is 1. The molecule has 1 aromatic carbocycles. The van der Waals surface area contributed by atoms with Crippen molar-refractivity contribution in [2.45, 2.75) is 10.8 Å². The first-order valence-electron chi connectivity index (χ1n) is 5.61. The Hall–Kier alpha value is -1.60. The molecule has 0 fully saturated rings. The van der Waals surface area contributed by atoms with Crippen LogP contribution < -0.4 is 5.73 Å². The second-order valence-electron chi connectivity index (χ2n) is 3.89. The van der Waals surface area contributed by atoms with Gasteiger partial charge >= 0.3 is 0 Å². The average Bonchev–Trinajstić information content (AvgIpc) is 2.46. The molecule has 0 saturated carbocycles. The van der Waals surface area contributed by atoms with Gasteiger partial charge in [-0.15, -0.1) is 11.8 Å². The van der Waals surface area contributed by atoms with E-state index in [0.717, 1.165) is 15.1 Å². The van der Waals surface area contributed by atoms with Crippen LogP contribution in [0.3, 0.4) is 0 Å². The van der Waals surface area contributed by atoms with Crippen LogP contribution in [0.15, 0.2) is 51.2 Å². The maximum atomic E-state index is 13.2. The van der Waals surface area contributed by atoms with E-state index in [1.54, 1.807) is 12.3 Å². The second kappa shape index (κ2) is 6.71. The van der Waals surface area contributed by atoms with E-state index in [-0.39, 0.29) is 5.84 Å². The first-order valence-corrected chi connectivity index (χ1v) is 7.38. The van der Waals surface area contributed by atoms with Crippen LogP contribution in [0.5, 0.6) is 0 Å². The molecule has 0 amide bonds. The minimum atomic E-state index is -0.429. The minimum absolute atomic E-state index is 0.108. The summed E-state index contributed by atoms with van der Waals surface area (Å²) in [5.74, 6) is 0.00600. The van der Waals surface area contributed by atoms with Gasteiger partial charge in [-0.1, -0.05) is 11.2 Å². The number of hydrogen-bond donors (Lipinski definition) is 2.